The van der Waals surface area contributed by atoms with Crippen molar-refractivity contribution in [3.05, 3.63) is 10.5 Å². The minimum absolute atomic E-state index is 1.85. The Balaban J connectivity index is 2.55. The second-order valence-corrected chi connectivity index (χ2v) is 1.04. The Kier molecular flexibility index (Phi) is 3.80. The fourth-order valence-corrected chi connectivity index (χ4v) is 0. The Bertz CT molecular complexity index is 18.5. The van der Waals surface area contributed by atoms with Crippen LogP contribution in [0.1, 0.15) is 6.92 Å². The molecule has 0 aromatic rings. The average Bonchev–Trinajstić information content (AvgIpc) is 1.37. The van der Waals surface area contributed by atoms with E-state index >= 15 is 0 Å². The molecule has 0 unspecified atom stereocenters. The van der Waals surface area contributed by atoms with Crippen LogP contribution >= 0.6 is 0 Å². The van der Waals surface area contributed by atoms with Crippen molar-refractivity contribution in [2.24, 2.45) is 0 Å². The predicted octanol–water partition coefficient (Wildman–Crippen LogP) is 0.870. The summed E-state index contributed by atoms with van der Waals surface area (Å²) in [5.41, 5.74) is 0. The molecule has 0 heterocycles. The van der Waals surface area contributed by atoms with E-state index in [2.05, 4.69) is 25.9 Å². The topological polar surface area (TPSA) is 0 Å². The van der Waals surface area contributed by atoms with Gasteiger partial charge in [0.2, 0.25) is 0 Å². The number of allylic oxidation sites excluding steroid dienone is 1. The average molecular weight is 235 g/mol. The molecule has 0 rings (SSSR count). The standard InChI is InChI=1S/C3H4.Pt/c1-3-2;/h1H,2H3;. The van der Waals surface area contributed by atoms with Crippen LogP contribution in [0.3, 0.4) is 0 Å². The van der Waals surface area contributed by atoms with Gasteiger partial charge in [-0.3, -0.25) is 0 Å². The molecule has 0 saturated carbocycles. The monoisotopic (exact) mass is 235 g/mol. The molecule has 26 valence electrons. The van der Waals surface area contributed by atoms with Crippen molar-refractivity contribution in [3.63, 3.8) is 0 Å². The van der Waals surface area contributed by atoms with Crippen LogP contribution in [0.4, 0.5) is 0 Å². The van der Waals surface area contributed by atoms with Gasteiger partial charge in [-0.1, -0.05) is 0 Å². The third kappa shape index (κ3) is 2.43. The van der Waals surface area contributed by atoms with Crippen molar-refractivity contribution in [2.45, 2.75) is 6.92 Å². The van der Waals surface area contributed by atoms with E-state index in [1.54, 1.807) is 0 Å². The molecule has 0 saturated heterocycles. The third-order valence-electron chi connectivity index (χ3n) is 0.0913. The van der Waals surface area contributed by atoms with Gasteiger partial charge in [-0.25, -0.2) is 0 Å². The molecule has 0 aliphatic rings. The number of hydrogen-bond donors (Lipinski definition) is 0. The van der Waals surface area contributed by atoms with Crippen molar-refractivity contribution in [3.8, 4) is 0 Å². The molecule has 0 bridgehead atoms. The van der Waals surface area contributed by atoms with Crippen molar-refractivity contribution in [1.82, 2.24) is 0 Å². The van der Waals surface area contributed by atoms with Crippen LogP contribution in [-0.2, 0) is 19.8 Å². The molecule has 0 fully saturated rings. The van der Waals surface area contributed by atoms with Crippen LogP contribution in [0.15, 0.2) is 4.47 Å². The second-order valence-electron chi connectivity index (χ2n) is 0.380. The molecule has 0 spiro atoms. The van der Waals surface area contributed by atoms with Gasteiger partial charge < -0.3 is 0 Å². The fourth-order valence-electron chi connectivity index (χ4n) is 0. The van der Waals surface area contributed by atoms with E-state index in [0.29, 0.717) is 0 Å². The minimum atomic E-state index is 1.85. The van der Waals surface area contributed by atoms with Gasteiger partial charge in [0.1, 0.15) is 0 Å². The van der Waals surface area contributed by atoms with Gasteiger partial charge in [-0.15, -0.1) is 0 Å². The Hall–Kier alpha value is 0.428. The molecule has 0 N–H and O–H groups in total. The Labute approximate surface area is 37.8 Å². The zero-order valence-corrected chi connectivity index (χ0v) is 4.67. The van der Waals surface area contributed by atoms with Gasteiger partial charge in [0.05, 0.1) is 0 Å². The van der Waals surface area contributed by atoms with Crippen LogP contribution in [0.25, 0.3) is 0 Å². The first-order chi connectivity index (χ1) is 1.91. The fraction of sp³-hybridized carbons (Fsp3) is 0.333. The quantitative estimate of drug-likeness (QED) is 0.584. The van der Waals surface area contributed by atoms with Crippen LogP contribution in [0, 0.1) is 6.08 Å². The third-order valence-corrected chi connectivity index (χ3v) is 0.747. The summed E-state index contributed by atoms with van der Waals surface area (Å²) < 4.78 is 1.85. The van der Waals surface area contributed by atoms with Gasteiger partial charge in [0, 0.05) is 0 Å². The summed E-state index contributed by atoms with van der Waals surface area (Å²) in [7, 11) is 0. The van der Waals surface area contributed by atoms with Crippen molar-refractivity contribution in [1.29, 1.82) is 0 Å². The Morgan fingerprint density at radius 1 is 2.00 bits per heavy atom. The zero-order chi connectivity index (χ0) is 3.41. The summed E-state index contributed by atoms with van der Waals surface area (Å²) >= 11 is 2.10. The zero-order valence-electron chi connectivity index (χ0n) is 2.39. The first-order valence-corrected chi connectivity index (χ1v) is 2.28. The number of rotatable bonds is 0. The summed E-state index contributed by atoms with van der Waals surface area (Å²) in [5, 5.41) is 0. The van der Waals surface area contributed by atoms with Crippen LogP contribution < -0.4 is 0 Å². The van der Waals surface area contributed by atoms with E-state index in [-0.39, 0.29) is 0 Å². The Morgan fingerprint density at radius 3 is 2.25 bits per heavy atom. The van der Waals surface area contributed by atoms with E-state index in [1.165, 1.54) is 0 Å². The molecule has 0 aliphatic heterocycles. The van der Waals surface area contributed by atoms with Crippen LogP contribution in [0.5, 0.6) is 0 Å². The Morgan fingerprint density at radius 2 is 2.25 bits per heavy atom. The second kappa shape index (κ2) is 3.43. The van der Waals surface area contributed by atoms with E-state index in [0.717, 1.165) is 0 Å². The molecule has 0 atom stereocenters. The normalized spacial score (nSPS) is 9.75. The molecular weight excluding hydrogens is 231 g/mol. The summed E-state index contributed by atoms with van der Waals surface area (Å²) in [6.07, 6.45) is 2.79. The molecule has 4 heavy (non-hydrogen) atoms. The van der Waals surface area contributed by atoms with Crippen LogP contribution in [0.2, 0.25) is 0 Å². The van der Waals surface area contributed by atoms with Crippen molar-refractivity contribution >= 4 is 0 Å². The first-order valence-electron chi connectivity index (χ1n) is 0.971. The molecule has 0 amide bonds. The molecule has 0 aliphatic carbocycles. The number of hydrogen-bond acceptors (Lipinski definition) is 0. The summed E-state index contributed by atoms with van der Waals surface area (Å²) in [6, 6.07) is 0. The van der Waals surface area contributed by atoms with Crippen molar-refractivity contribution in [2.75, 3.05) is 0 Å². The van der Waals surface area contributed by atoms with E-state index in [9.17, 15) is 0 Å². The van der Waals surface area contributed by atoms with Crippen LogP contribution in [-0.4, -0.2) is 0 Å². The molecule has 1 heteroatoms. The van der Waals surface area contributed by atoms with Gasteiger partial charge in [0.15, 0.2) is 0 Å². The SMILES string of the molecule is C[C]=[CH][Pt]. The maximum atomic E-state index is 2.79. The molecule has 1 radical (unpaired) electrons. The predicted molar refractivity (Wildman–Crippen MR) is 13.5 cm³/mol. The molecular formula is C3H4Pt. The van der Waals surface area contributed by atoms with Gasteiger partial charge in [-0.05, 0) is 0 Å². The van der Waals surface area contributed by atoms with Gasteiger partial charge >= 0.3 is 37.3 Å². The van der Waals surface area contributed by atoms with Gasteiger partial charge in [0.25, 0.3) is 0 Å². The molecule has 0 nitrogen and oxygen atoms in total. The summed E-state index contributed by atoms with van der Waals surface area (Å²) in [4.78, 5) is 0. The van der Waals surface area contributed by atoms with Crippen molar-refractivity contribution < 1.29 is 19.8 Å². The summed E-state index contributed by atoms with van der Waals surface area (Å²) in [6.45, 7) is 1.87. The molecule has 0 aromatic carbocycles. The van der Waals surface area contributed by atoms with Gasteiger partial charge in [-0.2, -0.15) is 0 Å². The van der Waals surface area contributed by atoms with E-state index in [1.807, 2.05) is 11.4 Å². The molecule has 0 aromatic heterocycles. The van der Waals surface area contributed by atoms with E-state index in [4.69, 9.17) is 0 Å². The maximum absolute atomic E-state index is 2.79. The summed E-state index contributed by atoms with van der Waals surface area (Å²) in [5.74, 6) is 0. The first kappa shape index (κ1) is 4.43. The van der Waals surface area contributed by atoms with E-state index < -0.39 is 0 Å².